The lowest BCUT2D eigenvalue weighted by molar-refractivity contribution is 0.0380. The smallest absolute Gasteiger partial charge is 0.339 e. The Balaban J connectivity index is 2.18. The third-order valence-corrected chi connectivity index (χ3v) is 3.27. The Morgan fingerprint density at radius 3 is 2.64 bits per heavy atom. The quantitative estimate of drug-likeness (QED) is 0.673. The molecule has 0 aliphatic rings. The van der Waals surface area contributed by atoms with Crippen molar-refractivity contribution in [1.29, 1.82) is 0 Å². The molecule has 112 valence electrons. The van der Waals surface area contributed by atoms with Crippen molar-refractivity contribution in [1.82, 2.24) is 4.98 Å². The highest BCUT2D eigenvalue weighted by Gasteiger charge is 2.17. The van der Waals surface area contributed by atoms with Crippen molar-refractivity contribution in [3.63, 3.8) is 0 Å². The first-order chi connectivity index (χ1) is 10.5. The molecule has 2 heterocycles. The molecule has 0 aliphatic heterocycles. The van der Waals surface area contributed by atoms with Crippen molar-refractivity contribution < 1.29 is 13.9 Å². The Kier molecular flexibility index (Phi) is 3.67. The van der Waals surface area contributed by atoms with Crippen LogP contribution in [0.25, 0.3) is 22.4 Å². The van der Waals surface area contributed by atoms with Gasteiger partial charge in [0.05, 0.1) is 17.2 Å². The standard InChI is InChI=1S/C18H17NO3/c1-11(2)21-18(20)14-10-16(17-9-8-12(3)22-17)19-15-7-5-4-6-13(14)15/h4-11H,1-3H3. The largest absolute Gasteiger partial charge is 0.460 e. The maximum absolute atomic E-state index is 12.4. The van der Waals surface area contributed by atoms with Gasteiger partial charge in [-0.25, -0.2) is 9.78 Å². The minimum atomic E-state index is -0.349. The van der Waals surface area contributed by atoms with Gasteiger partial charge in [-0.05, 0) is 45.0 Å². The van der Waals surface area contributed by atoms with Gasteiger partial charge in [0.25, 0.3) is 0 Å². The summed E-state index contributed by atoms with van der Waals surface area (Å²) in [6, 6.07) is 13.0. The third-order valence-electron chi connectivity index (χ3n) is 3.27. The first-order valence-corrected chi connectivity index (χ1v) is 7.22. The second kappa shape index (κ2) is 5.64. The molecule has 0 saturated heterocycles. The highest BCUT2D eigenvalue weighted by Crippen LogP contribution is 2.26. The van der Waals surface area contributed by atoms with Crippen LogP contribution >= 0.6 is 0 Å². The van der Waals surface area contributed by atoms with Gasteiger partial charge in [-0.2, -0.15) is 0 Å². The fourth-order valence-corrected chi connectivity index (χ4v) is 2.32. The summed E-state index contributed by atoms with van der Waals surface area (Å²) in [4.78, 5) is 17.0. The Bertz CT molecular complexity index is 833. The maximum Gasteiger partial charge on any atom is 0.339 e. The Morgan fingerprint density at radius 2 is 1.95 bits per heavy atom. The second-order valence-electron chi connectivity index (χ2n) is 5.44. The van der Waals surface area contributed by atoms with E-state index in [2.05, 4.69) is 4.98 Å². The molecule has 4 nitrogen and oxygen atoms in total. The monoisotopic (exact) mass is 295 g/mol. The lowest BCUT2D eigenvalue weighted by atomic mass is 10.1. The molecule has 0 fully saturated rings. The molecule has 0 radical (unpaired) electrons. The van der Waals surface area contributed by atoms with Crippen molar-refractivity contribution in [3.8, 4) is 11.5 Å². The van der Waals surface area contributed by atoms with Gasteiger partial charge in [0.15, 0.2) is 5.76 Å². The van der Waals surface area contributed by atoms with Crippen molar-refractivity contribution in [2.24, 2.45) is 0 Å². The molecule has 0 atom stereocenters. The molecule has 0 aliphatic carbocycles. The van der Waals surface area contributed by atoms with Gasteiger partial charge in [0.2, 0.25) is 0 Å². The molecule has 0 saturated carbocycles. The zero-order valence-electron chi connectivity index (χ0n) is 12.8. The van der Waals surface area contributed by atoms with Crippen LogP contribution in [0.4, 0.5) is 0 Å². The lowest BCUT2D eigenvalue weighted by Crippen LogP contribution is -2.12. The number of aryl methyl sites for hydroxylation is 1. The Hall–Kier alpha value is -2.62. The first kappa shape index (κ1) is 14.3. The third kappa shape index (κ3) is 2.72. The van der Waals surface area contributed by atoms with Crippen molar-refractivity contribution >= 4 is 16.9 Å². The van der Waals surface area contributed by atoms with Gasteiger partial charge >= 0.3 is 5.97 Å². The molecule has 22 heavy (non-hydrogen) atoms. The number of carbonyl (C=O) groups excluding carboxylic acids is 1. The topological polar surface area (TPSA) is 52.3 Å². The molecule has 4 heteroatoms. The summed E-state index contributed by atoms with van der Waals surface area (Å²) in [7, 11) is 0. The van der Waals surface area contributed by atoms with E-state index >= 15 is 0 Å². The summed E-state index contributed by atoms with van der Waals surface area (Å²) >= 11 is 0. The molecule has 2 aromatic heterocycles. The lowest BCUT2D eigenvalue weighted by Gasteiger charge is -2.11. The molecule has 3 aromatic rings. The minimum Gasteiger partial charge on any atom is -0.460 e. The van der Waals surface area contributed by atoms with Crippen molar-refractivity contribution in [2.75, 3.05) is 0 Å². The predicted molar refractivity (Wildman–Crippen MR) is 84.7 cm³/mol. The number of nitrogens with zero attached hydrogens (tertiary/aromatic N) is 1. The number of carbonyl (C=O) groups is 1. The van der Waals surface area contributed by atoms with Crippen LogP contribution in [0.3, 0.4) is 0 Å². The van der Waals surface area contributed by atoms with Gasteiger partial charge in [-0.15, -0.1) is 0 Å². The number of para-hydroxylation sites is 1. The van der Waals surface area contributed by atoms with Crippen molar-refractivity contribution in [3.05, 3.63) is 53.8 Å². The Labute approximate surface area is 128 Å². The summed E-state index contributed by atoms with van der Waals surface area (Å²) < 4.78 is 11.0. The summed E-state index contributed by atoms with van der Waals surface area (Å²) in [5.41, 5.74) is 1.87. The van der Waals surface area contributed by atoms with Crippen LogP contribution in [-0.4, -0.2) is 17.1 Å². The molecule has 1 aromatic carbocycles. The Morgan fingerprint density at radius 1 is 1.18 bits per heavy atom. The van der Waals surface area contributed by atoms with E-state index in [0.29, 0.717) is 17.0 Å². The average molecular weight is 295 g/mol. The number of furan rings is 1. The van der Waals surface area contributed by atoms with E-state index in [1.165, 1.54) is 0 Å². The minimum absolute atomic E-state index is 0.172. The number of hydrogen-bond acceptors (Lipinski definition) is 4. The molecule has 0 spiro atoms. The summed E-state index contributed by atoms with van der Waals surface area (Å²) in [6.45, 7) is 5.54. The number of aromatic nitrogens is 1. The highest BCUT2D eigenvalue weighted by atomic mass is 16.5. The maximum atomic E-state index is 12.4. The fourth-order valence-electron chi connectivity index (χ4n) is 2.32. The van der Waals surface area contributed by atoms with Gasteiger partial charge in [-0.3, -0.25) is 0 Å². The fraction of sp³-hybridized carbons (Fsp3) is 0.222. The van der Waals surface area contributed by atoms with Crippen LogP contribution in [0.1, 0.15) is 30.0 Å². The predicted octanol–water partition coefficient (Wildman–Crippen LogP) is 4.37. The number of rotatable bonds is 3. The van der Waals surface area contributed by atoms with Gasteiger partial charge in [0, 0.05) is 5.39 Å². The zero-order valence-corrected chi connectivity index (χ0v) is 12.8. The number of benzene rings is 1. The molecule has 0 N–H and O–H groups in total. The normalized spacial score (nSPS) is 11.1. The summed E-state index contributed by atoms with van der Waals surface area (Å²) in [6.07, 6.45) is -0.172. The van der Waals surface area contributed by atoms with Crippen molar-refractivity contribution in [2.45, 2.75) is 26.9 Å². The number of fused-ring (bicyclic) bond motifs is 1. The van der Waals surface area contributed by atoms with E-state index < -0.39 is 0 Å². The van der Waals surface area contributed by atoms with Gasteiger partial charge < -0.3 is 9.15 Å². The molecule has 0 unspecified atom stereocenters. The van der Waals surface area contributed by atoms with Crippen LogP contribution in [0.5, 0.6) is 0 Å². The van der Waals surface area contributed by atoms with E-state index in [4.69, 9.17) is 9.15 Å². The average Bonchev–Trinajstić information content (AvgIpc) is 2.92. The van der Waals surface area contributed by atoms with E-state index in [0.717, 1.165) is 16.7 Å². The first-order valence-electron chi connectivity index (χ1n) is 7.22. The number of esters is 1. The highest BCUT2D eigenvalue weighted by molar-refractivity contribution is 6.04. The van der Waals surface area contributed by atoms with E-state index in [9.17, 15) is 4.79 Å². The van der Waals surface area contributed by atoms with Crippen LogP contribution < -0.4 is 0 Å². The number of hydrogen-bond donors (Lipinski definition) is 0. The zero-order chi connectivity index (χ0) is 15.7. The molecule has 0 amide bonds. The van der Waals surface area contributed by atoms with E-state index in [1.807, 2.05) is 57.2 Å². The summed E-state index contributed by atoms with van der Waals surface area (Å²) in [5.74, 6) is 1.09. The molecular formula is C18H17NO3. The molecular weight excluding hydrogens is 278 g/mol. The van der Waals surface area contributed by atoms with Crippen LogP contribution in [0, 0.1) is 6.92 Å². The number of pyridine rings is 1. The van der Waals surface area contributed by atoms with Gasteiger partial charge in [-0.1, -0.05) is 18.2 Å². The van der Waals surface area contributed by atoms with Gasteiger partial charge in [0.1, 0.15) is 11.5 Å². The molecule has 3 rings (SSSR count). The van der Waals surface area contributed by atoms with E-state index in [1.54, 1.807) is 6.07 Å². The van der Waals surface area contributed by atoms with Crippen LogP contribution in [0.15, 0.2) is 46.9 Å². The number of ether oxygens (including phenoxy) is 1. The summed E-state index contributed by atoms with van der Waals surface area (Å²) in [5, 5.41) is 0.778. The van der Waals surface area contributed by atoms with Crippen LogP contribution in [-0.2, 0) is 4.74 Å². The second-order valence-corrected chi connectivity index (χ2v) is 5.44. The van der Waals surface area contributed by atoms with Crippen LogP contribution in [0.2, 0.25) is 0 Å². The SMILES string of the molecule is Cc1ccc(-c2cc(C(=O)OC(C)C)c3ccccc3n2)o1. The molecule has 0 bridgehead atoms. The van der Waals surface area contributed by atoms with E-state index in [-0.39, 0.29) is 12.1 Å².